The zero-order valence-electron chi connectivity index (χ0n) is 25.8. The number of nitrogens with two attached hydrogens (primary N) is 1. The van der Waals surface area contributed by atoms with Gasteiger partial charge in [0.1, 0.15) is 41.1 Å². The zero-order chi connectivity index (χ0) is 33.4. The average Bonchev–Trinajstić information content (AvgIpc) is 3.93. The van der Waals surface area contributed by atoms with Crippen molar-refractivity contribution in [1.29, 1.82) is 5.26 Å². The Kier molecular flexibility index (Phi) is 7.14. The Morgan fingerprint density at radius 2 is 1.91 bits per heavy atom. The number of primary amides is 1. The van der Waals surface area contributed by atoms with Crippen molar-refractivity contribution in [3.63, 3.8) is 0 Å². The largest absolute Gasteiger partial charge is 0.433 e. The predicted molar refractivity (Wildman–Crippen MR) is 163 cm³/mol. The Balaban J connectivity index is 1.22. The number of nitrogens with one attached hydrogen (secondary N) is 1. The number of halogens is 4. The topological polar surface area (TPSA) is 142 Å². The normalized spacial score (nSPS) is 22.7. The third kappa shape index (κ3) is 5.41. The van der Waals surface area contributed by atoms with Crippen LogP contribution in [0.2, 0.25) is 0 Å². The zero-order valence-corrected chi connectivity index (χ0v) is 25.8. The molecule has 2 aliphatic heterocycles. The lowest BCUT2D eigenvalue weighted by atomic mass is 9.83. The average molecular weight is 649 g/mol. The second kappa shape index (κ2) is 10.9. The number of aromatic nitrogens is 3. The van der Waals surface area contributed by atoms with Crippen LogP contribution in [0.15, 0.2) is 29.3 Å². The number of aryl methyl sites for hydroxylation is 1. The van der Waals surface area contributed by atoms with E-state index in [1.807, 2.05) is 17.9 Å². The molecule has 2 amide bonds. The van der Waals surface area contributed by atoms with E-state index in [2.05, 4.69) is 15.4 Å². The van der Waals surface area contributed by atoms with E-state index in [4.69, 9.17) is 10.7 Å². The van der Waals surface area contributed by atoms with E-state index in [1.54, 1.807) is 17.7 Å². The molecule has 0 bridgehead atoms. The molecule has 0 radical (unpaired) electrons. The molecule has 10 nitrogen and oxygen atoms in total. The lowest BCUT2D eigenvalue weighted by Gasteiger charge is -2.42. The van der Waals surface area contributed by atoms with E-state index in [0.29, 0.717) is 40.9 Å². The summed E-state index contributed by atoms with van der Waals surface area (Å²) >= 11 is 0. The number of aliphatic imine (C=N–C) groups is 1. The Morgan fingerprint density at radius 3 is 2.53 bits per heavy atom. The Bertz CT molecular complexity index is 1900. The minimum absolute atomic E-state index is 0.0984. The molecule has 2 saturated carbocycles. The van der Waals surface area contributed by atoms with Gasteiger partial charge in [-0.05, 0) is 75.8 Å². The minimum atomic E-state index is -4.59. The number of anilines is 1. The molecule has 4 aliphatic rings. The number of rotatable bonds is 7. The fourth-order valence-electron chi connectivity index (χ4n) is 7.11. The van der Waals surface area contributed by atoms with Gasteiger partial charge in [0.2, 0.25) is 5.91 Å². The van der Waals surface area contributed by atoms with Gasteiger partial charge in [0, 0.05) is 42.0 Å². The van der Waals surface area contributed by atoms with Crippen LogP contribution in [0.1, 0.15) is 91.2 Å². The van der Waals surface area contributed by atoms with E-state index in [1.165, 1.54) is 12.1 Å². The maximum absolute atomic E-state index is 15.7. The number of hydrogen-bond donors (Lipinski definition) is 2. The van der Waals surface area contributed by atoms with Gasteiger partial charge >= 0.3 is 6.18 Å². The van der Waals surface area contributed by atoms with Crippen molar-refractivity contribution >= 4 is 23.3 Å². The number of hydrogen-bond acceptors (Lipinski definition) is 7. The number of carbonyl (C=O) groups excluding carboxylic acids is 2. The van der Waals surface area contributed by atoms with E-state index < -0.39 is 29.1 Å². The van der Waals surface area contributed by atoms with Crippen molar-refractivity contribution in [3.05, 3.63) is 64.0 Å². The van der Waals surface area contributed by atoms with Crippen LogP contribution in [0, 0.1) is 24.1 Å². The molecule has 2 aromatic heterocycles. The molecule has 47 heavy (non-hydrogen) atoms. The molecule has 3 N–H and O–H groups in total. The molecule has 1 saturated heterocycles. The maximum atomic E-state index is 15.7. The quantitative estimate of drug-likeness (QED) is 0.352. The molecule has 1 aromatic carbocycles. The summed E-state index contributed by atoms with van der Waals surface area (Å²) in [5.41, 5.74) is 6.90. The Labute approximate surface area is 267 Å². The summed E-state index contributed by atoms with van der Waals surface area (Å²) in [6.45, 7) is 3.82. The fourth-order valence-corrected chi connectivity index (χ4v) is 7.11. The second-order valence-corrected chi connectivity index (χ2v) is 13.1. The van der Waals surface area contributed by atoms with Crippen molar-refractivity contribution in [3.8, 4) is 17.2 Å². The number of carbonyl (C=O) groups is 2. The summed E-state index contributed by atoms with van der Waals surface area (Å²) in [5, 5.41) is 17.3. The van der Waals surface area contributed by atoms with Crippen molar-refractivity contribution in [2.45, 2.75) is 88.5 Å². The number of amidine groups is 1. The van der Waals surface area contributed by atoms with Crippen molar-refractivity contribution in [2.24, 2.45) is 10.7 Å². The first-order chi connectivity index (χ1) is 22.3. The lowest BCUT2D eigenvalue weighted by Crippen LogP contribution is -2.53. The predicted octanol–water partition coefficient (Wildman–Crippen LogP) is 4.83. The molecule has 3 aromatic rings. The van der Waals surface area contributed by atoms with E-state index >= 15 is 4.39 Å². The van der Waals surface area contributed by atoms with Gasteiger partial charge in [0.25, 0.3) is 5.91 Å². The SMILES string of the molecule is Cc1nn(CC(N)=O)c(C2CC2)c1-c1cc(F)c(C#N)c(N2CC[C@]3(C[C@@H]2C)N=C(c2ccc(C(F)(F)F)nc2C2CC2)NC3=O)c1. The van der Waals surface area contributed by atoms with Crippen LogP contribution in [0.3, 0.4) is 0 Å². The maximum Gasteiger partial charge on any atom is 0.433 e. The Hall–Kier alpha value is -4.80. The third-order valence-corrected chi connectivity index (χ3v) is 9.56. The summed E-state index contributed by atoms with van der Waals surface area (Å²) in [6, 6.07) is 6.95. The minimum Gasteiger partial charge on any atom is -0.368 e. The summed E-state index contributed by atoms with van der Waals surface area (Å²) < 4.78 is 57.5. The molecule has 0 unspecified atom stereocenters. The van der Waals surface area contributed by atoms with Gasteiger partial charge in [-0.3, -0.25) is 19.3 Å². The van der Waals surface area contributed by atoms with Crippen molar-refractivity contribution in [2.75, 3.05) is 11.4 Å². The van der Waals surface area contributed by atoms with Crippen molar-refractivity contribution in [1.82, 2.24) is 20.1 Å². The number of piperidine rings is 1. The Morgan fingerprint density at radius 1 is 1.19 bits per heavy atom. The lowest BCUT2D eigenvalue weighted by molar-refractivity contribution is -0.141. The molecular formula is C33H32F4N8O2. The van der Waals surface area contributed by atoms with Crippen molar-refractivity contribution < 1.29 is 27.2 Å². The van der Waals surface area contributed by atoms with Gasteiger partial charge in [-0.25, -0.2) is 9.37 Å². The first kappa shape index (κ1) is 30.8. The van der Waals surface area contributed by atoms with E-state index in [-0.39, 0.29) is 66.8 Å². The van der Waals surface area contributed by atoms with Crippen LogP contribution in [-0.2, 0) is 22.3 Å². The van der Waals surface area contributed by atoms with Gasteiger partial charge < -0.3 is 16.0 Å². The van der Waals surface area contributed by atoms with Gasteiger partial charge in [0.05, 0.1) is 22.8 Å². The van der Waals surface area contributed by atoms with Crippen LogP contribution in [0.5, 0.6) is 0 Å². The molecule has 7 rings (SSSR count). The molecule has 4 heterocycles. The summed E-state index contributed by atoms with van der Waals surface area (Å²) in [7, 11) is 0. The summed E-state index contributed by atoms with van der Waals surface area (Å²) in [6.07, 6.45) is -0.887. The molecule has 14 heteroatoms. The highest BCUT2D eigenvalue weighted by atomic mass is 19.4. The second-order valence-electron chi connectivity index (χ2n) is 13.1. The first-order valence-corrected chi connectivity index (χ1v) is 15.7. The monoisotopic (exact) mass is 648 g/mol. The molecule has 2 atom stereocenters. The number of pyridine rings is 1. The molecular weight excluding hydrogens is 616 g/mol. The van der Waals surface area contributed by atoms with E-state index in [9.17, 15) is 28.0 Å². The van der Waals surface area contributed by atoms with Crippen LogP contribution in [-0.4, -0.2) is 50.5 Å². The highest BCUT2D eigenvalue weighted by Crippen LogP contribution is 2.47. The molecule has 244 valence electrons. The molecule has 3 fully saturated rings. The highest BCUT2D eigenvalue weighted by molar-refractivity contribution is 6.16. The standard InChI is InChI=1S/C33H32F4N8O2/c1-16-13-32(31(47)41-30(42-32)21-7-8-25(33(35,36)37)40-28(21)18-3-4-18)9-10-44(16)24-12-20(11-23(34)22(24)14-38)27-17(2)43-45(15-26(39)46)29(27)19-5-6-19/h7-8,11-12,16,18-19H,3-6,9-10,13,15H2,1-2H3,(H2,39,46)(H,41,42,47)/t16-,32+/m0/s1. The van der Waals surface area contributed by atoms with Gasteiger partial charge in [-0.1, -0.05) is 0 Å². The van der Waals surface area contributed by atoms with Crippen LogP contribution < -0.4 is 16.0 Å². The van der Waals surface area contributed by atoms with Gasteiger partial charge in [-0.15, -0.1) is 0 Å². The van der Waals surface area contributed by atoms with Crippen LogP contribution in [0.25, 0.3) is 11.1 Å². The van der Waals surface area contributed by atoms with E-state index in [0.717, 1.165) is 24.6 Å². The first-order valence-electron chi connectivity index (χ1n) is 15.7. The molecule has 2 aliphatic carbocycles. The molecule has 1 spiro atoms. The number of alkyl halides is 3. The van der Waals surface area contributed by atoms with Gasteiger partial charge in [-0.2, -0.15) is 23.5 Å². The van der Waals surface area contributed by atoms with Crippen LogP contribution in [0.4, 0.5) is 23.2 Å². The van der Waals surface area contributed by atoms with Crippen LogP contribution >= 0.6 is 0 Å². The number of nitrogens with zero attached hydrogens (tertiary/aromatic N) is 6. The number of amides is 2. The number of benzene rings is 1. The summed E-state index contributed by atoms with van der Waals surface area (Å²) in [5.74, 6) is -1.34. The number of nitriles is 1. The highest BCUT2D eigenvalue weighted by Gasteiger charge is 2.49. The third-order valence-electron chi connectivity index (χ3n) is 9.56. The van der Waals surface area contributed by atoms with Gasteiger partial charge in [0.15, 0.2) is 0 Å². The summed E-state index contributed by atoms with van der Waals surface area (Å²) in [4.78, 5) is 35.9. The smallest absolute Gasteiger partial charge is 0.368 e. The fraction of sp³-hybridized carbons (Fsp3) is 0.455.